The second-order valence-electron chi connectivity index (χ2n) is 2.57. The van der Waals surface area contributed by atoms with Gasteiger partial charge in [0.2, 0.25) is 0 Å². The molecule has 1 aliphatic rings. The molecule has 0 unspecified atom stereocenters. The minimum absolute atomic E-state index is 0.564. The van der Waals surface area contributed by atoms with Crippen molar-refractivity contribution in [2.45, 2.75) is 33.5 Å². The Bertz CT molecular complexity index is 75.0. The molecule has 0 radical (unpaired) electrons. The number of hydrogen-bond acceptors (Lipinski definition) is 0. The zero-order chi connectivity index (χ0) is 6.69. The maximum atomic E-state index is 2.60. The second kappa shape index (κ2) is 4.36. The number of halogens is 2. The van der Waals surface area contributed by atoms with Crippen LogP contribution in [-0.4, -0.2) is 12.8 Å². The predicted molar refractivity (Wildman–Crippen MR) is 46.0 cm³/mol. The van der Waals surface area contributed by atoms with E-state index in [1.54, 1.807) is 0 Å². The first-order valence-corrected chi connectivity index (χ1v) is 8.10. The fourth-order valence-corrected chi connectivity index (χ4v) is 3.91. The summed E-state index contributed by atoms with van der Waals surface area (Å²) >= 11 is 3.16. The van der Waals surface area contributed by atoms with Gasteiger partial charge in [0.1, 0.15) is 0 Å². The van der Waals surface area contributed by atoms with Crippen molar-refractivity contribution in [2.75, 3.05) is 4.93 Å². The summed E-state index contributed by atoms with van der Waals surface area (Å²) in [5, 5.41) is 0. The van der Waals surface area contributed by atoms with Crippen molar-refractivity contribution >= 4 is 22.6 Å². The third-order valence-electron chi connectivity index (χ3n) is 1.89. The molecule has 0 spiro atoms. The van der Waals surface area contributed by atoms with Crippen LogP contribution in [0.4, 0.5) is 0 Å². The standard InChI is InChI=1S/C7H13I2/c1-9-7-4-2-6(8)3-5-7/h6-7H,2-5H2,1H3/q-1. The first kappa shape index (κ1) is 8.56. The van der Waals surface area contributed by atoms with E-state index in [0.717, 1.165) is 3.92 Å². The van der Waals surface area contributed by atoms with E-state index in [2.05, 4.69) is 27.5 Å². The van der Waals surface area contributed by atoms with Gasteiger partial charge in [0.15, 0.2) is 0 Å². The summed E-state index contributed by atoms with van der Waals surface area (Å²) in [4.78, 5) is 2.43. The van der Waals surface area contributed by atoms with Gasteiger partial charge in [-0.05, 0) is 0 Å². The second-order valence-corrected chi connectivity index (χ2v) is 7.34. The molecule has 1 rings (SSSR count). The average Bonchev–Trinajstić information content (AvgIpc) is 1.90. The van der Waals surface area contributed by atoms with Crippen LogP contribution in [0.1, 0.15) is 25.7 Å². The Morgan fingerprint density at radius 2 is 1.78 bits per heavy atom. The van der Waals surface area contributed by atoms with Crippen LogP contribution in [0.2, 0.25) is 0 Å². The summed E-state index contributed by atoms with van der Waals surface area (Å²) in [6.45, 7) is 0. The molecule has 0 aliphatic heterocycles. The molecule has 0 amide bonds. The molecule has 0 atom stereocenters. The predicted octanol–water partition coefficient (Wildman–Crippen LogP) is -0.549. The van der Waals surface area contributed by atoms with Crippen LogP contribution in [0.3, 0.4) is 0 Å². The van der Waals surface area contributed by atoms with Gasteiger partial charge in [-0.25, -0.2) is 0 Å². The van der Waals surface area contributed by atoms with E-state index >= 15 is 0 Å². The molecule has 1 fully saturated rings. The number of rotatable bonds is 1. The van der Waals surface area contributed by atoms with Gasteiger partial charge >= 0.3 is 82.3 Å². The van der Waals surface area contributed by atoms with Crippen molar-refractivity contribution in [2.24, 2.45) is 0 Å². The molecule has 0 aromatic rings. The Morgan fingerprint density at radius 3 is 2.22 bits per heavy atom. The molecule has 0 aromatic carbocycles. The van der Waals surface area contributed by atoms with E-state index in [1.165, 1.54) is 29.6 Å². The third kappa shape index (κ3) is 2.91. The van der Waals surface area contributed by atoms with Gasteiger partial charge in [-0.2, -0.15) is 0 Å². The number of hydrogen-bond donors (Lipinski definition) is 0. The molecular weight excluding hydrogens is 338 g/mol. The summed E-state index contributed by atoms with van der Waals surface area (Å²) in [6, 6.07) is 0. The monoisotopic (exact) mass is 351 g/mol. The summed E-state index contributed by atoms with van der Waals surface area (Å²) < 4.78 is 2.18. The molecule has 0 N–H and O–H groups in total. The zero-order valence-electron chi connectivity index (χ0n) is 5.74. The van der Waals surface area contributed by atoms with Gasteiger partial charge in [-0.3, -0.25) is 0 Å². The Balaban J connectivity index is 2.18. The van der Waals surface area contributed by atoms with Crippen LogP contribution in [0.5, 0.6) is 0 Å². The Hall–Kier alpha value is 1.46. The normalized spacial score (nSPS) is 37.1. The Labute approximate surface area is 81.6 Å². The molecule has 2 heteroatoms. The van der Waals surface area contributed by atoms with Gasteiger partial charge in [0, 0.05) is 0 Å². The van der Waals surface area contributed by atoms with Crippen molar-refractivity contribution in [1.82, 2.24) is 0 Å². The summed E-state index contributed by atoms with van der Waals surface area (Å²) in [5.74, 6) is 0. The van der Waals surface area contributed by atoms with Crippen LogP contribution >= 0.6 is 22.6 Å². The molecule has 0 heterocycles. The van der Waals surface area contributed by atoms with Gasteiger partial charge in [-0.1, -0.05) is 0 Å². The van der Waals surface area contributed by atoms with Gasteiger partial charge in [0.05, 0.1) is 0 Å². The first-order chi connectivity index (χ1) is 4.33. The van der Waals surface area contributed by atoms with Crippen LogP contribution in [0.15, 0.2) is 0 Å². The van der Waals surface area contributed by atoms with E-state index in [-0.39, 0.29) is 0 Å². The zero-order valence-corrected chi connectivity index (χ0v) is 10.1. The van der Waals surface area contributed by atoms with Crippen molar-refractivity contribution in [3.05, 3.63) is 0 Å². The van der Waals surface area contributed by atoms with E-state index in [1.807, 2.05) is 0 Å². The van der Waals surface area contributed by atoms with Gasteiger partial charge in [0.25, 0.3) is 0 Å². The first-order valence-electron chi connectivity index (χ1n) is 3.45. The summed E-state index contributed by atoms with van der Waals surface area (Å²) in [6.07, 6.45) is 6.08. The van der Waals surface area contributed by atoms with Gasteiger partial charge in [-0.15, -0.1) is 0 Å². The molecule has 1 saturated carbocycles. The fourth-order valence-electron chi connectivity index (χ4n) is 1.23. The minimum atomic E-state index is 0.564. The van der Waals surface area contributed by atoms with Crippen molar-refractivity contribution in [3.8, 4) is 0 Å². The Morgan fingerprint density at radius 1 is 1.22 bits per heavy atom. The molecule has 56 valence electrons. The molecule has 0 aromatic heterocycles. The molecule has 0 saturated heterocycles. The van der Waals surface area contributed by atoms with Crippen molar-refractivity contribution < 1.29 is 21.2 Å². The number of alkyl halides is 3. The van der Waals surface area contributed by atoms with E-state index in [9.17, 15) is 0 Å². The van der Waals surface area contributed by atoms with Crippen LogP contribution < -0.4 is 21.2 Å². The SMILES string of the molecule is C[I-]C1CCC(I)CC1. The average molecular weight is 351 g/mol. The van der Waals surface area contributed by atoms with Crippen LogP contribution in [0.25, 0.3) is 0 Å². The molecule has 0 nitrogen and oxygen atoms in total. The van der Waals surface area contributed by atoms with E-state index in [4.69, 9.17) is 0 Å². The van der Waals surface area contributed by atoms with Crippen molar-refractivity contribution in [3.63, 3.8) is 0 Å². The fraction of sp³-hybridized carbons (Fsp3) is 1.00. The van der Waals surface area contributed by atoms with Crippen LogP contribution in [-0.2, 0) is 0 Å². The quantitative estimate of drug-likeness (QED) is 0.440. The summed E-state index contributed by atoms with van der Waals surface area (Å²) in [7, 11) is 0. The third-order valence-corrected chi connectivity index (χ3v) is 6.15. The van der Waals surface area contributed by atoms with Crippen molar-refractivity contribution in [1.29, 1.82) is 0 Å². The van der Waals surface area contributed by atoms with E-state index in [0.29, 0.717) is 21.2 Å². The van der Waals surface area contributed by atoms with Crippen LogP contribution in [0, 0.1) is 0 Å². The van der Waals surface area contributed by atoms with E-state index < -0.39 is 0 Å². The topological polar surface area (TPSA) is 0 Å². The molecule has 0 bridgehead atoms. The Kier molecular flexibility index (Phi) is 4.15. The molecule has 9 heavy (non-hydrogen) atoms. The van der Waals surface area contributed by atoms with Gasteiger partial charge < -0.3 is 0 Å². The summed E-state index contributed by atoms with van der Waals surface area (Å²) in [5.41, 5.74) is 0. The molecule has 1 aliphatic carbocycles. The maximum absolute atomic E-state index is 2.60. The molecular formula is C7H13I2-.